The van der Waals surface area contributed by atoms with Crippen molar-refractivity contribution in [3.05, 3.63) is 47.5 Å². The van der Waals surface area contributed by atoms with Crippen LogP contribution >= 0.6 is 0 Å². The van der Waals surface area contributed by atoms with E-state index >= 15 is 0 Å². The number of fused-ring (bicyclic) bond motifs is 2. The van der Waals surface area contributed by atoms with Gasteiger partial charge in [-0.1, -0.05) is 12.1 Å². The van der Waals surface area contributed by atoms with Crippen molar-refractivity contribution in [2.24, 2.45) is 0 Å². The Bertz CT molecular complexity index is 812. The van der Waals surface area contributed by atoms with Crippen LogP contribution in [0.1, 0.15) is 36.2 Å². The lowest BCUT2D eigenvalue weighted by Gasteiger charge is -2.24. The molecule has 1 unspecified atom stereocenters. The second-order valence-electron chi connectivity index (χ2n) is 6.87. The molecule has 6 heteroatoms. The molecule has 0 radical (unpaired) electrons. The predicted octanol–water partition coefficient (Wildman–Crippen LogP) is 1.83. The maximum atomic E-state index is 12.2. The molecule has 1 atom stereocenters. The van der Waals surface area contributed by atoms with Crippen molar-refractivity contribution >= 4 is 17.5 Å². The third-order valence-corrected chi connectivity index (χ3v) is 4.96. The maximum Gasteiger partial charge on any atom is 0.228 e. The van der Waals surface area contributed by atoms with Crippen LogP contribution in [0, 0.1) is 0 Å². The number of aromatic nitrogens is 2. The van der Waals surface area contributed by atoms with Gasteiger partial charge in [-0.05, 0) is 36.5 Å². The SMILES string of the molecule is O=C1Cc2cc(CCCC(=O)NC3CCc4nccn4C3)ccc2N1. The van der Waals surface area contributed by atoms with Crippen molar-refractivity contribution in [3.8, 4) is 0 Å². The van der Waals surface area contributed by atoms with E-state index in [4.69, 9.17) is 0 Å². The summed E-state index contributed by atoms with van der Waals surface area (Å²) in [5.41, 5.74) is 3.16. The fourth-order valence-electron chi connectivity index (χ4n) is 3.68. The quantitative estimate of drug-likeness (QED) is 0.873. The number of rotatable bonds is 5. The van der Waals surface area contributed by atoms with Crippen molar-refractivity contribution in [1.82, 2.24) is 14.9 Å². The van der Waals surface area contributed by atoms with E-state index in [9.17, 15) is 9.59 Å². The number of nitrogens with one attached hydrogen (secondary N) is 2. The first-order valence-electron chi connectivity index (χ1n) is 8.88. The van der Waals surface area contributed by atoms with Crippen molar-refractivity contribution in [1.29, 1.82) is 0 Å². The van der Waals surface area contributed by atoms with Crippen molar-refractivity contribution in [2.75, 3.05) is 5.32 Å². The molecule has 25 heavy (non-hydrogen) atoms. The number of amides is 2. The number of nitrogens with zero attached hydrogens (tertiary/aromatic N) is 2. The number of carbonyl (C=O) groups excluding carboxylic acids is 2. The Morgan fingerprint density at radius 3 is 3.24 bits per heavy atom. The molecular formula is C19H22N4O2. The van der Waals surface area contributed by atoms with Crippen LogP contribution < -0.4 is 10.6 Å². The van der Waals surface area contributed by atoms with Gasteiger partial charge in [-0.25, -0.2) is 4.98 Å². The Kier molecular flexibility index (Phi) is 4.26. The maximum absolute atomic E-state index is 12.2. The zero-order valence-corrected chi connectivity index (χ0v) is 14.1. The largest absolute Gasteiger partial charge is 0.352 e. The van der Waals surface area contributed by atoms with Gasteiger partial charge in [0.05, 0.1) is 6.42 Å². The minimum atomic E-state index is 0.0556. The molecule has 1 aromatic heterocycles. The van der Waals surface area contributed by atoms with Gasteiger partial charge in [0.25, 0.3) is 0 Å². The van der Waals surface area contributed by atoms with Gasteiger partial charge in [0.1, 0.15) is 5.82 Å². The van der Waals surface area contributed by atoms with Gasteiger partial charge in [-0.3, -0.25) is 9.59 Å². The van der Waals surface area contributed by atoms with E-state index in [1.165, 1.54) is 5.56 Å². The molecule has 2 N–H and O–H groups in total. The summed E-state index contributed by atoms with van der Waals surface area (Å²) in [6, 6.07) is 6.27. The van der Waals surface area contributed by atoms with E-state index in [-0.39, 0.29) is 17.9 Å². The van der Waals surface area contributed by atoms with Gasteiger partial charge in [-0.2, -0.15) is 0 Å². The smallest absolute Gasteiger partial charge is 0.228 e. The van der Waals surface area contributed by atoms with E-state index in [1.54, 1.807) is 0 Å². The highest BCUT2D eigenvalue weighted by atomic mass is 16.2. The summed E-state index contributed by atoms with van der Waals surface area (Å²) >= 11 is 0. The first kappa shape index (κ1) is 15.9. The number of anilines is 1. The normalized spacial score (nSPS) is 18.4. The van der Waals surface area contributed by atoms with E-state index in [0.29, 0.717) is 12.8 Å². The lowest BCUT2D eigenvalue weighted by atomic mass is 10.0. The molecule has 3 heterocycles. The summed E-state index contributed by atoms with van der Waals surface area (Å²) in [5.74, 6) is 1.28. The summed E-state index contributed by atoms with van der Waals surface area (Å²) in [5, 5.41) is 5.98. The summed E-state index contributed by atoms with van der Waals surface area (Å²) in [7, 11) is 0. The number of imidazole rings is 1. The van der Waals surface area contributed by atoms with Crippen LogP contribution in [0.25, 0.3) is 0 Å². The minimum absolute atomic E-state index is 0.0556. The molecule has 0 saturated carbocycles. The van der Waals surface area contributed by atoms with Crippen LogP contribution in [0.3, 0.4) is 0 Å². The fraction of sp³-hybridized carbons (Fsp3) is 0.421. The highest BCUT2D eigenvalue weighted by Crippen LogP contribution is 2.24. The molecule has 0 spiro atoms. The van der Waals surface area contributed by atoms with Crippen molar-refractivity contribution in [3.63, 3.8) is 0 Å². The van der Waals surface area contributed by atoms with Crippen LogP contribution in [0.15, 0.2) is 30.6 Å². The highest BCUT2D eigenvalue weighted by Gasteiger charge is 2.20. The molecule has 130 valence electrons. The monoisotopic (exact) mass is 338 g/mol. The molecule has 2 aliphatic heterocycles. The van der Waals surface area contributed by atoms with Gasteiger partial charge in [-0.15, -0.1) is 0 Å². The molecule has 0 bridgehead atoms. The van der Waals surface area contributed by atoms with E-state index in [0.717, 1.165) is 49.3 Å². The fourth-order valence-corrected chi connectivity index (χ4v) is 3.68. The van der Waals surface area contributed by atoms with Crippen LogP contribution in [0.5, 0.6) is 0 Å². The molecule has 2 amide bonds. The Balaban J connectivity index is 1.23. The molecule has 0 saturated heterocycles. The summed E-state index contributed by atoms with van der Waals surface area (Å²) in [6.45, 7) is 0.812. The number of carbonyl (C=O) groups is 2. The number of benzene rings is 1. The Morgan fingerprint density at radius 2 is 2.32 bits per heavy atom. The lowest BCUT2D eigenvalue weighted by Crippen LogP contribution is -2.40. The van der Waals surface area contributed by atoms with Gasteiger partial charge in [0.2, 0.25) is 11.8 Å². The Morgan fingerprint density at radius 1 is 1.40 bits per heavy atom. The standard InChI is InChI=1S/C19H22N4O2/c24-18(21-15-5-7-17-20-8-9-23(17)12-15)3-1-2-13-4-6-16-14(10-13)11-19(25)22-16/h4,6,8-10,15H,1-3,5,7,11-12H2,(H,21,24)(H,22,25). The number of hydrogen-bond donors (Lipinski definition) is 2. The second kappa shape index (κ2) is 6.70. The van der Waals surface area contributed by atoms with Gasteiger partial charge in [0, 0.05) is 43.5 Å². The second-order valence-corrected chi connectivity index (χ2v) is 6.87. The minimum Gasteiger partial charge on any atom is -0.352 e. The number of aryl methyl sites for hydroxylation is 2. The van der Waals surface area contributed by atoms with Gasteiger partial charge in [0.15, 0.2) is 0 Å². The number of hydrogen-bond acceptors (Lipinski definition) is 3. The highest BCUT2D eigenvalue weighted by molar-refractivity contribution is 5.99. The third-order valence-electron chi connectivity index (χ3n) is 4.96. The zero-order chi connectivity index (χ0) is 17.2. The average molecular weight is 338 g/mol. The average Bonchev–Trinajstić information content (AvgIpc) is 3.19. The lowest BCUT2D eigenvalue weighted by molar-refractivity contribution is -0.122. The van der Waals surface area contributed by atoms with Crippen LogP contribution in [-0.4, -0.2) is 27.4 Å². The molecule has 0 fully saturated rings. The predicted molar refractivity (Wildman–Crippen MR) is 94.2 cm³/mol. The van der Waals surface area contributed by atoms with E-state index in [2.05, 4.69) is 26.3 Å². The molecule has 4 rings (SSSR count). The van der Waals surface area contributed by atoms with Gasteiger partial charge >= 0.3 is 0 Å². The van der Waals surface area contributed by atoms with Crippen molar-refractivity contribution < 1.29 is 9.59 Å². The van der Waals surface area contributed by atoms with Crippen LogP contribution in [0.2, 0.25) is 0 Å². The topological polar surface area (TPSA) is 76.0 Å². The molecule has 2 aliphatic rings. The summed E-state index contributed by atoms with van der Waals surface area (Å²) < 4.78 is 2.12. The zero-order valence-electron chi connectivity index (χ0n) is 14.1. The molecule has 6 nitrogen and oxygen atoms in total. The first-order chi connectivity index (χ1) is 12.2. The van der Waals surface area contributed by atoms with E-state index in [1.807, 2.05) is 24.5 Å². The Labute approximate surface area is 146 Å². The van der Waals surface area contributed by atoms with Crippen LogP contribution in [-0.2, 0) is 35.4 Å². The summed E-state index contributed by atoms with van der Waals surface area (Å²) in [6.07, 6.45) is 8.32. The molecular weight excluding hydrogens is 316 g/mol. The van der Waals surface area contributed by atoms with E-state index < -0.39 is 0 Å². The molecule has 1 aromatic carbocycles. The first-order valence-corrected chi connectivity index (χ1v) is 8.88. The third kappa shape index (κ3) is 3.57. The van der Waals surface area contributed by atoms with Crippen molar-refractivity contribution in [2.45, 2.75) is 51.1 Å². The molecule has 2 aromatic rings. The van der Waals surface area contributed by atoms with Gasteiger partial charge < -0.3 is 15.2 Å². The molecule has 0 aliphatic carbocycles. The Hall–Kier alpha value is -2.63. The van der Waals surface area contributed by atoms with Crippen LogP contribution in [0.4, 0.5) is 5.69 Å². The summed E-state index contributed by atoms with van der Waals surface area (Å²) in [4.78, 5) is 27.9.